The summed E-state index contributed by atoms with van der Waals surface area (Å²) in [4.78, 5) is 11.7. The predicted molar refractivity (Wildman–Crippen MR) is 65.6 cm³/mol. The number of nitrogens with zero attached hydrogens (tertiary/aromatic N) is 2. The summed E-state index contributed by atoms with van der Waals surface area (Å²) >= 11 is 0. The lowest BCUT2D eigenvalue weighted by atomic mass is 10.2. The molecule has 0 saturated carbocycles. The van der Waals surface area contributed by atoms with Crippen LogP contribution in [0.3, 0.4) is 0 Å². The number of carbonyl (C=O) groups is 1. The summed E-state index contributed by atoms with van der Waals surface area (Å²) in [5.41, 5.74) is 0. The normalized spacial score (nSPS) is 13.1. The van der Waals surface area contributed by atoms with Crippen molar-refractivity contribution in [2.45, 2.75) is 19.4 Å². The fourth-order valence-electron chi connectivity index (χ4n) is 1.38. The van der Waals surface area contributed by atoms with Crippen molar-refractivity contribution < 1.29 is 13.2 Å². The summed E-state index contributed by atoms with van der Waals surface area (Å²) in [6, 6.07) is 3.62. The van der Waals surface area contributed by atoms with E-state index in [0.29, 0.717) is 0 Å². The molecule has 17 heavy (non-hydrogen) atoms. The molecule has 0 aliphatic rings. The van der Waals surface area contributed by atoms with Crippen LogP contribution in [-0.2, 0) is 14.8 Å². The molecule has 0 saturated heterocycles. The van der Waals surface area contributed by atoms with Crippen LogP contribution < -0.4 is 0 Å². The van der Waals surface area contributed by atoms with Crippen molar-refractivity contribution in [3.63, 3.8) is 0 Å². The minimum Gasteiger partial charge on any atom is -0.351 e. The summed E-state index contributed by atoms with van der Waals surface area (Å²) in [5.74, 6) is -0.453. The van der Waals surface area contributed by atoms with Gasteiger partial charge in [0.1, 0.15) is 0 Å². The number of rotatable bonds is 5. The highest BCUT2D eigenvalue weighted by molar-refractivity contribution is 7.92. The molecule has 0 radical (unpaired) electrons. The van der Waals surface area contributed by atoms with Gasteiger partial charge < -0.3 is 4.57 Å². The van der Waals surface area contributed by atoms with Crippen LogP contribution >= 0.6 is 0 Å². The quantitative estimate of drug-likeness (QED) is 0.799. The van der Waals surface area contributed by atoms with E-state index in [-0.39, 0.29) is 12.5 Å². The van der Waals surface area contributed by atoms with Gasteiger partial charge in [-0.1, -0.05) is 6.58 Å². The van der Waals surface area contributed by atoms with E-state index in [4.69, 9.17) is 0 Å². The van der Waals surface area contributed by atoms with E-state index in [9.17, 15) is 13.2 Å². The van der Waals surface area contributed by atoms with Crippen LogP contribution in [-0.4, -0.2) is 30.2 Å². The predicted octanol–water partition coefficient (Wildman–Crippen LogP) is 1.37. The van der Waals surface area contributed by atoms with Crippen molar-refractivity contribution >= 4 is 15.9 Å². The number of aromatic nitrogens is 1. The highest BCUT2D eigenvalue weighted by Gasteiger charge is 2.21. The zero-order chi connectivity index (χ0) is 13.1. The van der Waals surface area contributed by atoms with Gasteiger partial charge in [0.2, 0.25) is 5.91 Å². The third kappa shape index (κ3) is 3.20. The van der Waals surface area contributed by atoms with Crippen LogP contribution in [0.5, 0.6) is 0 Å². The Morgan fingerprint density at radius 3 is 2.47 bits per heavy atom. The van der Waals surface area contributed by atoms with Crippen molar-refractivity contribution in [3.8, 4) is 0 Å². The summed E-state index contributed by atoms with van der Waals surface area (Å²) < 4.78 is 25.4. The van der Waals surface area contributed by atoms with Crippen molar-refractivity contribution in [3.05, 3.63) is 36.5 Å². The first-order chi connectivity index (χ1) is 7.88. The molecule has 1 aromatic heterocycles. The molecule has 94 valence electrons. The molecule has 1 heterocycles. The van der Waals surface area contributed by atoms with Gasteiger partial charge in [-0.15, -0.1) is 0 Å². The number of carbonyl (C=O) groups excluding carboxylic acids is 1. The molecule has 1 rings (SSSR count). The van der Waals surface area contributed by atoms with Crippen LogP contribution in [0.1, 0.15) is 19.4 Å². The van der Waals surface area contributed by atoms with E-state index in [2.05, 4.69) is 6.58 Å². The lowest BCUT2D eigenvalue weighted by Gasteiger charge is -2.18. The minimum atomic E-state index is -3.67. The van der Waals surface area contributed by atoms with Gasteiger partial charge in [-0.25, -0.2) is 12.7 Å². The smallest absolute Gasteiger partial charge is 0.258 e. The molecule has 0 aromatic carbocycles. The second-order valence-electron chi connectivity index (χ2n) is 3.76. The van der Waals surface area contributed by atoms with Crippen LogP contribution in [0.4, 0.5) is 0 Å². The molecule has 0 fully saturated rings. The number of sulfonamides is 1. The van der Waals surface area contributed by atoms with Crippen molar-refractivity contribution in [2.75, 3.05) is 7.05 Å². The Bertz CT molecular complexity index is 491. The van der Waals surface area contributed by atoms with E-state index < -0.39 is 15.9 Å². The monoisotopic (exact) mass is 256 g/mol. The van der Waals surface area contributed by atoms with Crippen LogP contribution in [0.25, 0.3) is 0 Å². The molecule has 1 atom stereocenters. The van der Waals surface area contributed by atoms with E-state index in [1.54, 1.807) is 0 Å². The van der Waals surface area contributed by atoms with Crippen LogP contribution in [0.15, 0.2) is 36.5 Å². The first kappa shape index (κ1) is 13.5. The Morgan fingerprint density at radius 1 is 1.47 bits per heavy atom. The number of hydrogen-bond donors (Lipinski definition) is 0. The fourth-order valence-corrected chi connectivity index (χ4v) is 1.96. The Hall–Kier alpha value is -1.56. The number of amides is 1. The van der Waals surface area contributed by atoms with Gasteiger partial charge in [-0.2, -0.15) is 0 Å². The van der Waals surface area contributed by atoms with Crippen molar-refractivity contribution in [1.29, 1.82) is 0 Å². The topological polar surface area (TPSA) is 59.4 Å². The van der Waals surface area contributed by atoms with Gasteiger partial charge >= 0.3 is 0 Å². The standard InChI is InChI=1S/C11H16N2O3S/c1-4-17(15,16)12(3)11(14)9-10(2)13-7-5-6-8-13/h4-8,10H,1,9H2,2-3H3. The van der Waals surface area contributed by atoms with E-state index in [0.717, 1.165) is 9.71 Å². The van der Waals surface area contributed by atoms with Crippen molar-refractivity contribution in [2.24, 2.45) is 0 Å². The average Bonchev–Trinajstić information content (AvgIpc) is 2.81. The Labute approximate surface area is 101 Å². The Balaban J connectivity index is 2.70. The highest BCUT2D eigenvalue weighted by atomic mass is 32.2. The first-order valence-corrected chi connectivity index (χ1v) is 6.65. The van der Waals surface area contributed by atoms with Gasteiger partial charge in [0.05, 0.1) is 0 Å². The molecule has 5 nitrogen and oxygen atoms in total. The lowest BCUT2D eigenvalue weighted by molar-refractivity contribution is -0.126. The maximum absolute atomic E-state index is 11.7. The van der Waals surface area contributed by atoms with E-state index in [1.807, 2.05) is 36.0 Å². The maximum Gasteiger partial charge on any atom is 0.258 e. The average molecular weight is 256 g/mol. The van der Waals surface area contributed by atoms with E-state index >= 15 is 0 Å². The van der Waals surface area contributed by atoms with Gasteiger partial charge in [0.15, 0.2) is 0 Å². The molecular formula is C11H16N2O3S. The van der Waals surface area contributed by atoms with Crippen LogP contribution in [0, 0.1) is 0 Å². The Kier molecular flexibility index (Phi) is 4.11. The number of hydrogen-bond acceptors (Lipinski definition) is 3. The molecule has 1 aromatic rings. The SMILES string of the molecule is C=CS(=O)(=O)N(C)C(=O)CC(C)n1cccc1. The molecule has 1 unspecified atom stereocenters. The largest absolute Gasteiger partial charge is 0.351 e. The molecule has 0 aliphatic heterocycles. The maximum atomic E-state index is 11.7. The molecule has 0 aliphatic carbocycles. The summed E-state index contributed by atoms with van der Waals surface area (Å²) in [7, 11) is -2.44. The van der Waals surface area contributed by atoms with E-state index in [1.165, 1.54) is 7.05 Å². The summed E-state index contributed by atoms with van der Waals surface area (Å²) in [6.45, 7) is 5.03. The molecule has 6 heteroatoms. The minimum absolute atomic E-state index is 0.0834. The second-order valence-corrected chi connectivity index (χ2v) is 5.67. The third-order valence-corrected chi connectivity index (χ3v) is 3.94. The molecule has 0 bridgehead atoms. The fraction of sp³-hybridized carbons (Fsp3) is 0.364. The van der Waals surface area contributed by atoms with Crippen LogP contribution in [0.2, 0.25) is 0 Å². The molecule has 1 amide bonds. The third-order valence-electron chi connectivity index (χ3n) is 2.55. The van der Waals surface area contributed by atoms with Gasteiger partial charge in [0.25, 0.3) is 10.0 Å². The first-order valence-electron chi connectivity index (χ1n) is 5.15. The second kappa shape index (κ2) is 5.18. The lowest BCUT2D eigenvalue weighted by Crippen LogP contribution is -2.32. The molecule has 0 N–H and O–H groups in total. The van der Waals surface area contributed by atoms with Gasteiger partial charge in [0, 0.05) is 37.3 Å². The molecular weight excluding hydrogens is 240 g/mol. The molecule has 0 spiro atoms. The zero-order valence-corrected chi connectivity index (χ0v) is 10.7. The van der Waals surface area contributed by atoms with Gasteiger partial charge in [-0.3, -0.25) is 4.79 Å². The zero-order valence-electron chi connectivity index (χ0n) is 9.91. The highest BCUT2D eigenvalue weighted by Crippen LogP contribution is 2.13. The summed E-state index contributed by atoms with van der Waals surface area (Å²) in [5, 5.41) is 0.769. The summed E-state index contributed by atoms with van der Waals surface area (Å²) in [6.07, 6.45) is 3.79. The van der Waals surface area contributed by atoms with Crippen molar-refractivity contribution in [1.82, 2.24) is 8.87 Å². The van der Waals surface area contributed by atoms with Gasteiger partial charge in [-0.05, 0) is 19.1 Å². The Morgan fingerprint density at radius 2 is 2.00 bits per heavy atom.